The van der Waals surface area contributed by atoms with Crippen molar-refractivity contribution in [2.45, 2.75) is 18.9 Å². The molecule has 1 aromatic carbocycles. The van der Waals surface area contributed by atoms with Crippen LogP contribution in [0.3, 0.4) is 0 Å². The van der Waals surface area contributed by atoms with Crippen LogP contribution >= 0.6 is 15.9 Å². The number of carbonyl (C=O) groups is 1. The number of H-pyrrole nitrogens is 1. The van der Waals surface area contributed by atoms with Crippen molar-refractivity contribution >= 4 is 21.8 Å². The number of hydrogen-bond acceptors (Lipinski definition) is 3. The molecule has 3 aromatic rings. The highest BCUT2D eigenvalue weighted by atomic mass is 79.9. The summed E-state index contributed by atoms with van der Waals surface area (Å²) in [6, 6.07) is 13.5. The van der Waals surface area contributed by atoms with E-state index in [9.17, 15) is 4.79 Å². The summed E-state index contributed by atoms with van der Waals surface area (Å²) in [7, 11) is 0. The fourth-order valence-corrected chi connectivity index (χ4v) is 3.15. The van der Waals surface area contributed by atoms with Gasteiger partial charge in [0.05, 0.1) is 11.7 Å². The summed E-state index contributed by atoms with van der Waals surface area (Å²) in [5, 5.41) is 10.2. The molecular weight excluding hydrogens is 380 g/mol. The molecule has 1 unspecified atom stereocenters. The number of benzene rings is 1. The topological polar surface area (TPSA) is 70.7 Å². The SMILES string of the molecule is O=C(NC(c1cccnc1)C1CC1)c1cc(-c2ccc(Br)cc2)n[nH]1. The Labute approximate surface area is 154 Å². The molecule has 2 N–H and O–H groups in total. The lowest BCUT2D eigenvalue weighted by Crippen LogP contribution is -2.30. The van der Waals surface area contributed by atoms with E-state index in [0.717, 1.165) is 34.1 Å². The van der Waals surface area contributed by atoms with E-state index >= 15 is 0 Å². The van der Waals surface area contributed by atoms with Gasteiger partial charge in [0.15, 0.2) is 0 Å². The molecule has 6 heteroatoms. The second kappa shape index (κ2) is 6.80. The Kier molecular flexibility index (Phi) is 4.36. The predicted octanol–water partition coefficient (Wildman–Crippen LogP) is 4.12. The monoisotopic (exact) mass is 396 g/mol. The Bertz CT molecular complexity index is 872. The number of nitrogens with zero attached hydrogens (tertiary/aromatic N) is 2. The van der Waals surface area contributed by atoms with Crippen LogP contribution in [0, 0.1) is 5.92 Å². The maximum atomic E-state index is 12.6. The van der Waals surface area contributed by atoms with Gasteiger partial charge in [-0.05, 0) is 48.6 Å². The molecule has 1 aliphatic carbocycles. The van der Waals surface area contributed by atoms with E-state index in [1.165, 1.54) is 0 Å². The van der Waals surface area contributed by atoms with E-state index in [2.05, 4.69) is 36.4 Å². The smallest absolute Gasteiger partial charge is 0.269 e. The standard InChI is InChI=1S/C19H17BrN4O/c20-15-7-5-12(6-8-15)16-10-17(24-23-16)19(25)22-18(13-3-4-13)14-2-1-9-21-11-14/h1-2,5-11,13,18H,3-4H2,(H,22,25)(H,23,24). The molecule has 1 fully saturated rings. The molecule has 1 amide bonds. The number of aromatic nitrogens is 3. The molecule has 5 nitrogen and oxygen atoms in total. The van der Waals surface area contributed by atoms with Crippen molar-refractivity contribution < 1.29 is 4.79 Å². The number of hydrogen-bond donors (Lipinski definition) is 2. The van der Waals surface area contributed by atoms with Crippen LogP contribution in [0.25, 0.3) is 11.3 Å². The van der Waals surface area contributed by atoms with Crippen LogP contribution in [0.15, 0.2) is 59.3 Å². The minimum Gasteiger partial charge on any atom is -0.344 e. The lowest BCUT2D eigenvalue weighted by molar-refractivity contribution is 0.0926. The number of nitrogens with one attached hydrogen (secondary N) is 2. The van der Waals surface area contributed by atoms with Crippen LogP contribution in [-0.2, 0) is 0 Å². The fourth-order valence-electron chi connectivity index (χ4n) is 2.89. The molecule has 0 radical (unpaired) electrons. The van der Waals surface area contributed by atoms with E-state index < -0.39 is 0 Å². The molecule has 1 saturated carbocycles. The van der Waals surface area contributed by atoms with Gasteiger partial charge in [-0.2, -0.15) is 5.10 Å². The summed E-state index contributed by atoms with van der Waals surface area (Å²) in [6.07, 6.45) is 5.83. The van der Waals surface area contributed by atoms with Crippen molar-refractivity contribution in [1.29, 1.82) is 0 Å². The van der Waals surface area contributed by atoms with Gasteiger partial charge in [-0.25, -0.2) is 0 Å². The van der Waals surface area contributed by atoms with Crippen molar-refractivity contribution in [3.63, 3.8) is 0 Å². The molecule has 0 saturated heterocycles. The van der Waals surface area contributed by atoms with Crippen LogP contribution in [-0.4, -0.2) is 21.1 Å². The Balaban J connectivity index is 1.52. The lowest BCUT2D eigenvalue weighted by atomic mass is 10.0. The van der Waals surface area contributed by atoms with Crippen molar-refractivity contribution in [2.24, 2.45) is 5.92 Å². The maximum Gasteiger partial charge on any atom is 0.269 e. The quantitative estimate of drug-likeness (QED) is 0.681. The van der Waals surface area contributed by atoms with Crippen molar-refractivity contribution in [3.8, 4) is 11.3 Å². The molecule has 126 valence electrons. The number of carbonyl (C=O) groups excluding carboxylic acids is 1. The highest BCUT2D eigenvalue weighted by Gasteiger charge is 2.34. The zero-order valence-electron chi connectivity index (χ0n) is 13.4. The predicted molar refractivity (Wildman–Crippen MR) is 98.9 cm³/mol. The first-order chi connectivity index (χ1) is 12.2. The molecule has 4 rings (SSSR count). The third-order valence-electron chi connectivity index (χ3n) is 4.39. The number of rotatable bonds is 5. The first-order valence-corrected chi connectivity index (χ1v) is 9.02. The van der Waals surface area contributed by atoms with Gasteiger partial charge in [-0.1, -0.05) is 34.1 Å². The van der Waals surface area contributed by atoms with Crippen LogP contribution < -0.4 is 5.32 Å². The molecule has 0 aliphatic heterocycles. The Morgan fingerprint density at radius 2 is 2.04 bits per heavy atom. The van der Waals surface area contributed by atoms with Gasteiger partial charge >= 0.3 is 0 Å². The molecule has 2 heterocycles. The van der Waals surface area contributed by atoms with E-state index in [0.29, 0.717) is 11.6 Å². The molecule has 0 spiro atoms. The first-order valence-electron chi connectivity index (χ1n) is 8.23. The molecule has 1 aliphatic rings. The minimum atomic E-state index is -0.142. The van der Waals surface area contributed by atoms with E-state index in [1.54, 1.807) is 12.3 Å². The van der Waals surface area contributed by atoms with Gasteiger partial charge in [-0.15, -0.1) is 0 Å². The van der Waals surface area contributed by atoms with Gasteiger partial charge in [0.1, 0.15) is 5.69 Å². The summed E-state index contributed by atoms with van der Waals surface area (Å²) in [5.41, 5.74) is 3.23. The Hall–Kier alpha value is -2.47. The summed E-state index contributed by atoms with van der Waals surface area (Å²) in [6.45, 7) is 0. The van der Waals surface area contributed by atoms with E-state index in [1.807, 2.05) is 42.6 Å². The molecule has 1 atom stereocenters. The first kappa shape index (κ1) is 16.0. The number of pyridine rings is 1. The van der Waals surface area contributed by atoms with Crippen LogP contribution in [0.5, 0.6) is 0 Å². The Morgan fingerprint density at radius 1 is 1.24 bits per heavy atom. The summed E-state index contributed by atoms with van der Waals surface area (Å²) >= 11 is 3.42. The van der Waals surface area contributed by atoms with Crippen molar-refractivity contribution in [2.75, 3.05) is 0 Å². The van der Waals surface area contributed by atoms with Crippen LogP contribution in [0.4, 0.5) is 0 Å². The molecule has 0 bridgehead atoms. The maximum absolute atomic E-state index is 12.6. The highest BCUT2D eigenvalue weighted by molar-refractivity contribution is 9.10. The summed E-state index contributed by atoms with van der Waals surface area (Å²) in [5.74, 6) is 0.346. The number of halogens is 1. The minimum absolute atomic E-state index is 0.000584. The van der Waals surface area contributed by atoms with Crippen molar-refractivity contribution in [1.82, 2.24) is 20.5 Å². The van der Waals surface area contributed by atoms with Gasteiger partial charge in [0, 0.05) is 22.4 Å². The summed E-state index contributed by atoms with van der Waals surface area (Å²) < 4.78 is 1.01. The van der Waals surface area contributed by atoms with Crippen LogP contribution in [0.2, 0.25) is 0 Å². The lowest BCUT2D eigenvalue weighted by Gasteiger charge is -2.17. The Morgan fingerprint density at radius 3 is 2.72 bits per heavy atom. The molecule has 2 aromatic heterocycles. The molecular formula is C19H17BrN4O. The fraction of sp³-hybridized carbons (Fsp3) is 0.211. The largest absolute Gasteiger partial charge is 0.344 e. The van der Waals surface area contributed by atoms with E-state index in [-0.39, 0.29) is 11.9 Å². The number of aromatic amines is 1. The average molecular weight is 397 g/mol. The highest BCUT2D eigenvalue weighted by Crippen LogP contribution is 2.40. The average Bonchev–Trinajstić information content (AvgIpc) is 3.36. The van der Waals surface area contributed by atoms with Gasteiger partial charge < -0.3 is 5.32 Å². The van der Waals surface area contributed by atoms with Gasteiger partial charge in [0.25, 0.3) is 5.91 Å². The van der Waals surface area contributed by atoms with Crippen molar-refractivity contribution in [3.05, 3.63) is 70.6 Å². The normalized spacial score (nSPS) is 14.9. The zero-order chi connectivity index (χ0) is 17.2. The van der Waals surface area contributed by atoms with Crippen LogP contribution in [0.1, 0.15) is 34.9 Å². The zero-order valence-corrected chi connectivity index (χ0v) is 15.0. The molecule has 25 heavy (non-hydrogen) atoms. The summed E-state index contributed by atoms with van der Waals surface area (Å²) in [4.78, 5) is 16.8. The number of amides is 1. The second-order valence-electron chi connectivity index (χ2n) is 6.25. The van der Waals surface area contributed by atoms with Gasteiger partial charge in [0.2, 0.25) is 0 Å². The van der Waals surface area contributed by atoms with E-state index in [4.69, 9.17) is 0 Å². The third kappa shape index (κ3) is 3.64. The third-order valence-corrected chi connectivity index (χ3v) is 4.91. The van der Waals surface area contributed by atoms with Gasteiger partial charge in [-0.3, -0.25) is 14.9 Å². The second-order valence-corrected chi connectivity index (χ2v) is 7.16.